The molecule has 8 nitrogen and oxygen atoms in total. The van der Waals surface area contributed by atoms with Crippen molar-refractivity contribution in [3.8, 4) is 5.75 Å². The van der Waals surface area contributed by atoms with Crippen LogP contribution in [0.5, 0.6) is 5.75 Å². The molecule has 0 spiro atoms. The average molecular weight is 485 g/mol. The van der Waals surface area contributed by atoms with Crippen molar-refractivity contribution in [3.05, 3.63) is 65.6 Å². The number of halogens is 3. The average Bonchev–Trinajstić information content (AvgIpc) is 3.29. The molecule has 1 amide bonds. The van der Waals surface area contributed by atoms with Gasteiger partial charge >= 0.3 is 6.36 Å². The molecule has 0 fully saturated rings. The molecule has 1 atom stereocenters. The lowest BCUT2D eigenvalue weighted by Gasteiger charge is -2.41. The summed E-state index contributed by atoms with van der Waals surface area (Å²) in [4.78, 5) is 23.5. The zero-order chi connectivity index (χ0) is 25.1. The van der Waals surface area contributed by atoms with Crippen LogP contribution in [-0.4, -0.2) is 45.2 Å². The van der Waals surface area contributed by atoms with Gasteiger partial charge in [-0.25, -0.2) is 9.97 Å². The largest absolute Gasteiger partial charge is 0.573 e. The molecule has 0 saturated heterocycles. The highest BCUT2D eigenvalue weighted by Gasteiger charge is 2.38. The van der Waals surface area contributed by atoms with Gasteiger partial charge in [-0.3, -0.25) is 9.20 Å². The number of benzene rings is 2. The molecule has 2 aromatic heterocycles. The lowest BCUT2D eigenvalue weighted by atomic mass is 9.86. The minimum atomic E-state index is -4.81. The van der Waals surface area contributed by atoms with Gasteiger partial charge in [0.05, 0.1) is 41.8 Å². The molecule has 0 bridgehead atoms. The van der Waals surface area contributed by atoms with Crippen molar-refractivity contribution >= 4 is 28.3 Å². The number of imidazole rings is 1. The van der Waals surface area contributed by atoms with Gasteiger partial charge in [0.1, 0.15) is 17.1 Å². The van der Waals surface area contributed by atoms with Crippen molar-refractivity contribution in [1.82, 2.24) is 19.3 Å². The summed E-state index contributed by atoms with van der Waals surface area (Å²) in [6, 6.07) is 8.68. The van der Waals surface area contributed by atoms with Crippen LogP contribution in [0.15, 0.2) is 48.9 Å². The number of hydrogen-bond donors (Lipinski definition) is 1. The summed E-state index contributed by atoms with van der Waals surface area (Å²) in [5, 5.41) is 0. The molecule has 1 aliphatic rings. The van der Waals surface area contributed by atoms with Gasteiger partial charge in [-0.05, 0) is 55.3 Å². The van der Waals surface area contributed by atoms with Crippen LogP contribution in [0.25, 0.3) is 16.6 Å². The zero-order valence-electron chi connectivity index (χ0n) is 19.1. The minimum absolute atomic E-state index is 0.180. The second kappa shape index (κ2) is 7.84. The molecular weight excluding hydrogens is 463 g/mol. The Morgan fingerprint density at radius 3 is 2.74 bits per heavy atom. The molecular formula is C24H22F3N5O3. The number of fused-ring (bicyclic) bond motifs is 4. The molecule has 2 N–H and O–H groups in total. The Bertz CT molecular complexity index is 1460. The molecule has 182 valence electrons. The second-order valence-corrected chi connectivity index (χ2v) is 8.90. The zero-order valence-corrected chi connectivity index (χ0v) is 19.1. The molecule has 0 aliphatic carbocycles. The quantitative estimate of drug-likeness (QED) is 0.461. The summed E-state index contributed by atoms with van der Waals surface area (Å²) in [6.07, 6.45) is -1.62. The molecule has 11 heteroatoms. The van der Waals surface area contributed by atoms with E-state index >= 15 is 0 Å². The van der Waals surface area contributed by atoms with E-state index in [9.17, 15) is 18.0 Å². The van der Waals surface area contributed by atoms with Crippen molar-refractivity contribution in [1.29, 1.82) is 0 Å². The van der Waals surface area contributed by atoms with Crippen LogP contribution >= 0.6 is 0 Å². The Hall–Kier alpha value is -3.86. The monoisotopic (exact) mass is 485 g/mol. The Morgan fingerprint density at radius 1 is 1.23 bits per heavy atom. The van der Waals surface area contributed by atoms with Crippen LogP contribution in [0.1, 0.15) is 41.4 Å². The highest BCUT2D eigenvalue weighted by atomic mass is 19.4. The van der Waals surface area contributed by atoms with Crippen molar-refractivity contribution in [2.45, 2.75) is 31.9 Å². The lowest BCUT2D eigenvalue weighted by molar-refractivity contribution is -0.274. The number of amides is 1. The van der Waals surface area contributed by atoms with E-state index < -0.39 is 18.0 Å². The first-order valence-corrected chi connectivity index (χ1v) is 10.8. The van der Waals surface area contributed by atoms with Gasteiger partial charge in [0.15, 0.2) is 0 Å². The van der Waals surface area contributed by atoms with Gasteiger partial charge in [-0.2, -0.15) is 0 Å². The van der Waals surface area contributed by atoms with Crippen molar-refractivity contribution in [2.24, 2.45) is 0 Å². The Balaban J connectivity index is 1.51. The van der Waals surface area contributed by atoms with E-state index in [1.807, 2.05) is 0 Å². The van der Waals surface area contributed by atoms with E-state index in [1.165, 1.54) is 17.0 Å². The van der Waals surface area contributed by atoms with Gasteiger partial charge < -0.3 is 20.1 Å². The predicted molar refractivity (Wildman–Crippen MR) is 122 cm³/mol. The van der Waals surface area contributed by atoms with E-state index in [4.69, 9.17) is 10.5 Å². The highest BCUT2D eigenvalue weighted by molar-refractivity contribution is 5.98. The first-order chi connectivity index (χ1) is 16.4. The van der Waals surface area contributed by atoms with Crippen LogP contribution in [0.4, 0.5) is 19.0 Å². The van der Waals surface area contributed by atoms with Crippen LogP contribution in [0.2, 0.25) is 0 Å². The molecule has 4 aromatic rings. The fourth-order valence-corrected chi connectivity index (χ4v) is 4.47. The summed E-state index contributed by atoms with van der Waals surface area (Å²) in [5.74, 6) is -0.293. The molecule has 1 aliphatic heterocycles. The molecule has 3 heterocycles. The Labute approximate surface area is 198 Å². The molecule has 35 heavy (non-hydrogen) atoms. The number of ether oxygens (including phenoxy) is 2. The smallest absolute Gasteiger partial charge is 0.406 e. The highest BCUT2D eigenvalue weighted by Crippen LogP contribution is 2.41. The number of likely N-dealkylation sites (N-methyl/N-ethyl adjacent to an activating group) is 1. The summed E-state index contributed by atoms with van der Waals surface area (Å²) >= 11 is 0. The van der Waals surface area contributed by atoms with E-state index in [2.05, 4.69) is 14.7 Å². The third-order valence-electron chi connectivity index (χ3n) is 6.28. The number of carbonyl (C=O) groups is 1. The summed E-state index contributed by atoms with van der Waals surface area (Å²) < 4.78 is 50.1. The molecule has 1 unspecified atom stereocenters. The number of carbonyl (C=O) groups excluding carboxylic acids is 1. The van der Waals surface area contributed by atoms with E-state index in [-0.39, 0.29) is 18.3 Å². The standard InChI is InChI=1S/C24H22F3N5O3/c1-23(2)16-9-14(35-24(25,26)27)5-6-15(16)20(11-34-23)31(3)22(33)13-4-7-17-18(8-13)32-12-29-10-19(32)21(28)30-17/h4-10,12,20H,11H2,1-3H3,(H2,28,30). The predicted octanol–water partition coefficient (Wildman–Crippen LogP) is 4.44. The van der Waals surface area contributed by atoms with Gasteiger partial charge in [-0.15, -0.1) is 13.2 Å². The SMILES string of the molecule is CN(C(=O)c1ccc2nc(N)c3cncn3c2c1)C1COC(C)(C)c2cc(OC(F)(F)F)ccc21. The third-order valence-corrected chi connectivity index (χ3v) is 6.28. The van der Waals surface area contributed by atoms with E-state index in [0.717, 1.165) is 0 Å². The van der Waals surface area contributed by atoms with Crippen LogP contribution in [0.3, 0.4) is 0 Å². The van der Waals surface area contributed by atoms with Crippen molar-refractivity contribution in [2.75, 3.05) is 19.4 Å². The number of alkyl halides is 3. The number of nitrogens with two attached hydrogens (primary N) is 1. The molecule has 0 saturated carbocycles. The third kappa shape index (κ3) is 4.01. The number of aromatic nitrogens is 3. The van der Waals surface area contributed by atoms with Gasteiger partial charge in [-0.1, -0.05) is 6.07 Å². The second-order valence-electron chi connectivity index (χ2n) is 8.90. The number of nitrogen functional groups attached to an aromatic ring is 1. The Kier molecular flexibility index (Phi) is 5.13. The maximum Gasteiger partial charge on any atom is 0.573 e. The first kappa shape index (κ1) is 22.9. The number of nitrogens with zero attached hydrogens (tertiary/aromatic N) is 4. The number of rotatable bonds is 3. The van der Waals surface area contributed by atoms with E-state index in [0.29, 0.717) is 39.1 Å². The number of hydrogen-bond acceptors (Lipinski definition) is 6. The fourth-order valence-electron chi connectivity index (χ4n) is 4.47. The fraction of sp³-hybridized carbons (Fsp3) is 0.292. The normalized spacial score (nSPS) is 17.4. The maximum absolute atomic E-state index is 13.5. The number of anilines is 1. The molecule has 2 aromatic carbocycles. The molecule has 5 rings (SSSR count). The van der Waals surface area contributed by atoms with Crippen LogP contribution < -0.4 is 10.5 Å². The summed E-state index contributed by atoms with van der Waals surface area (Å²) in [5.41, 5.74) is 8.66. The van der Waals surface area contributed by atoms with Gasteiger partial charge in [0, 0.05) is 12.6 Å². The lowest BCUT2D eigenvalue weighted by Crippen LogP contribution is -2.41. The van der Waals surface area contributed by atoms with Gasteiger partial charge in [0.25, 0.3) is 5.91 Å². The first-order valence-electron chi connectivity index (χ1n) is 10.8. The maximum atomic E-state index is 13.5. The van der Waals surface area contributed by atoms with Crippen LogP contribution in [0, 0.1) is 0 Å². The summed E-state index contributed by atoms with van der Waals surface area (Å²) in [7, 11) is 1.64. The van der Waals surface area contributed by atoms with Crippen molar-refractivity contribution in [3.63, 3.8) is 0 Å². The van der Waals surface area contributed by atoms with Crippen molar-refractivity contribution < 1.29 is 27.4 Å². The van der Waals surface area contributed by atoms with E-state index in [1.54, 1.807) is 62.1 Å². The minimum Gasteiger partial charge on any atom is -0.406 e. The van der Waals surface area contributed by atoms with Crippen LogP contribution in [-0.2, 0) is 10.3 Å². The molecule has 0 radical (unpaired) electrons. The summed E-state index contributed by atoms with van der Waals surface area (Å²) in [6.45, 7) is 3.71. The topological polar surface area (TPSA) is 95.0 Å². The van der Waals surface area contributed by atoms with Gasteiger partial charge in [0.2, 0.25) is 0 Å². The Morgan fingerprint density at radius 2 is 2.00 bits per heavy atom.